The minimum atomic E-state index is -0.0340. The van der Waals surface area contributed by atoms with Gasteiger partial charge in [0, 0.05) is 25.3 Å². The minimum absolute atomic E-state index is 0.0340. The predicted octanol–water partition coefficient (Wildman–Crippen LogP) is 1.24. The molecule has 0 saturated heterocycles. The zero-order valence-electron chi connectivity index (χ0n) is 6.87. The van der Waals surface area contributed by atoms with Crippen LogP contribution in [0.5, 0.6) is 0 Å². The molecule has 12 heavy (non-hydrogen) atoms. The van der Waals surface area contributed by atoms with Crippen molar-refractivity contribution in [2.75, 3.05) is 13.7 Å². The second kappa shape index (κ2) is 5.00. The highest BCUT2D eigenvalue weighted by Crippen LogP contribution is 2.14. The molecule has 0 aromatic heterocycles. The van der Waals surface area contributed by atoms with Crippen molar-refractivity contribution < 1.29 is 9.53 Å². The average molecular weight is 185 g/mol. The second-order valence-corrected chi connectivity index (χ2v) is 3.08. The molecule has 1 aliphatic rings. The fourth-order valence-corrected chi connectivity index (χ4v) is 1.42. The van der Waals surface area contributed by atoms with Gasteiger partial charge in [0.1, 0.15) is 0 Å². The van der Waals surface area contributed by atoms with Crippen molar-refractivity contribution in [1.29, 1.82) is 0 Å². The third kappa shape index (κ3) is 2.71. The molecule has 0 saturated carbocycles. The normalized spacial score (nSPS) is 16.8. The zero-order chi connectivity index (χ0) is 8.81. The van der Waals surface area contributed by atoms with Crippen LogP contribution >= 0.6 is 11.8 Å². The lowest BCUT2D eigenvalue weighted by molar-refractivity contribution is -0.116. The molecule has 1 rings (SSSR count). The Bertz CT molecular complexity index is 223. The Balaban J connectivity index is 2.50. The zero-order valence-corrected chi connectivity index (χ0v) is 7.69. The molecule has 0 aliphatic carbocycles. The van der Waals surface area contributed by atoms with Crippen LogP contribution in [0.4, 0.5) is 0 Å². The van der Waals surface area contributed by atoms with Gasteiger partial charge in [-0.05, 0) is 10.8 Å². The van der Waals surface area contributed by atoms with E-state index < -0.39 is 0 Å². The lowest BCUT2D eigenvalue weighted by atomic mass is 10.2. The number of methoxy groups -OCH3 is 1. The highest BCUT2D eigenvalue weighted by atomic mass is 32.2. The topological polar surface area (TPSA) is 38.3 Å². The molecule has 4 heteroatoms. The fraction of sp³-hybridized carbons (Fsp3) is 0.375. The van der Waals surface area contributed by atoms with Gasteiger partial charge in [-0.2, -0.15) is 0 Å². The van der Waals surface area contributed by atoms with Crippen LogP contribution in [0.2, 0.25) is 0 Å². The van der Waals surface area contributed by atoms with Crippen molar-refractivity contribution >= 4 is 17.7 Å². The van der Waals surface area contributed by atoms with Crippen LogP contribution in [0.3, 0.4) is 0 Å². The minimum Gasteiger partial charge on any atom is -0.384 e. The van der Waals surface area contributed by atoms with E-state index >= 15 is 0 Å². The monoisotopic (exact) mass is 185 g/mol. The van der Waals surface area contributed by atoms with E-state index in [9.17, 15) is 4.79 Å². The van der Waals surface area contributed by atoms with E-state index in [0.29, 0.717) is 13.0 Å². The van der Waals surface area contributed by atoms with Crippen molar-refractivity contribution in [3.8, 4) is 0 Å². The SMILES string of the molecule is COCCC1=CSC=CNC1=O. The van der Waals surface area contributed by atoms with E-state index in [1.807, 2.05) is 10.8 Å². The lowest BCUT2D eigenvalue weighted by Gasteiger charge is -2.02. The predicted molar refractivity (Wildman–Crippen MR) is 49.4 cm³/mol. The summed E-state index contributed by atoms with van der Waals surface area (Å²) in [6, 6.07) is 0. The van der Waals surface area contributed by atoms with Gasteiger partial charge in [0.15, 0.2) is 0 Å². The van der Waals surface area contributed by atoms with E-state index in [4.69, 9.17) is 4.74 Å². The quantitative estimate of drug-likeness (QED) is 0.719. The largest absolute Gasteiger partial charge is 0.384 e. The summed E-state index contributed by atoms with van der Waals surface area (Å²) in [4.78, 5) is 11.2. The number of hydrogen-bond donors (Lipinski definition) is 1. The van der Waals surface area contributed by atoms with Gasteiger partial charge in [-0.25, -0.2) is 0 Å². The highest BCUT2D eigenvalue weighted by molar-refractivity contribution is 8.04. The number of nitrogens with one attached hydrogen (secondary N) is 1. The van der Waals surface area contributed by atoms with Gasteiger partial charge in [0.2, 0.25) is 0 Å². The summed E-state index contributed by atoms with van der Waals surface area (Å²) < 4.78 is 4.88. The molecule has 0 spiro atoms. The van der Waals surface area contributed by atoms with Crippen LogP contribution in [0.15, 0.2) is 22.6 Å². The third-order valence-corrected chi connectivity index (χ3v) is 2.15. The summed E-state index contributed by atoms with van der Waals surface area (Å²) in [5.41, 5.74) is 0.770. The molecule has 1 amide bonds. The van der Waals surface area contributed by atoms with Crippen molar-refractivity contribution in [3.05, 3.63) is 22.6 Å². The summed E-state index contributed by atoms with van der Waals surface area (Å²) in [6.07, 6.45) is 2.31. The first-order chi connectivity index (χ1) is 5.84. The molecular formula is C8H11NO2S. The van der Waals surface area contributed by atoms with Gasteiger partial charge in [-0.3, -0.25) is 4.79 Å². The molecule has 0 atom stereocenters. The molecule has 66 valence electrons. The Morgan fingerprint density at radius 2 is 2.50 bits per heavy atom. The van der Waals surface area contributed by atoms with Crippen molar-refractivity contribution in [2.45, 2.75) is 6.42 Å². The Hall–Kier alpha value is -0.740. The molecule has 0 aromatic carbocycles. The smallest absolute Gasteiger partial charge is 0.251 e. The average Bonchev–Trinajstić information content (AvgIpc) is 2.27. The van der Waals surface area contributed by atoms with Gasteiger partial charge in [0.25, 0.3) is 5.91 Å². The van der Waals surface area contributed by atoms with Crippen molar-refractivity contribution in [1.82, 2.24) is 5.32 Å². The van der Waals surface area contributed by atoms with Gasteiger partial charge in [-0.15, -0.1) is 11.8 Å². The van der Waals surface area contributed by atoms with Crippen LogP contribution in [0, 0.1) is 0 Å². The molecular weight excluding hydrogens is 174 g/mol. The Morgan fingerprint density at radius 1 is 1.67 bits per heavy atom. The standard InChI is InChI=1S/C8H11NO2S/c1-11-4-2-7-6-12-5-3-9-8(7)10/h3,5-6H,2,4H2,1H3,(H,9,10). The number of hydrogen-bond acceptors (Lipinski definition) is 3. The van der Waals surface area contributed by atoms with Crippen LogP contribution < -0.4 is 5.32 Å². The van der Waals surface area contributed by atoms with Crippen LogP contribution in [0.25, 0.3) is 0 Å². The van der Waals surface area contributed by atoms with Crippen molar-refractivity contribution in [3.63, 3.8) is 0 Å². The molecule has 0 aromatic rings. The first-order valence-corrected chi connectivity index (χ1v) is 4.58. The van der Waals surface area contributed by atoms with Gasteiger partial charge in [-0.1, -0.05) is 0 Å². The van der Waals surface area contributed by atoms with E-state index in [-0.39, 0.29) is 5.91 Å². The number of amides is 1. The molecule has 0 fully saturated rings. The summed E-state index contributed by atoms with van der Waals surface area (Å²) >= 11 is 1.50. The van der Waals surface area contributed by atoms with E-state index in [0.717, 1.165) is 5.57 Å². The molecule has 0 bridgehead atoms. The molecule has 0 radical (unpaired) electrons. The van der Waals surface area contributed by atoms with E-state index in [1.165, 1.54) is 11.8 Å². The lowest BCUT2D eigenvalue weighted by Crippen LogP contribution is -2.18. The first kappa shape index (κ1) is 9.35. The summed E-state index contributed by atoms with van der Waals surface area (Å²) in [6.45, 7) is 0.583. The number of carbonyl (C=O) groups is 1. The van der Waals surface area contributed by atoms with Crippen LogP contribution in [-0.2, 0) is 9.53 Å². The first-order valence-electron chi connectivity index (χ1n) is 3.64. The van der Waals surface area contributed by atoms with Gasteiger partial charge < -0.3 is 10.1 Å². The molecule has 1 aliphatic heterocycles. The maximum atomic E-state index is 11.2. The van der Waals surface area contributed by atoms with Crippen LogP contribution in [0.1, 0.15) is 6.42 Å². The summed E-state index contributed by atoms with van der Waals surface area (Å²) in [5.74, 6) is -0.0340. The number of thioether (sulfide) groups is 1. The van der Waals surface area contributed by atoms with Crippen molar-refractivity contribution in [2.24, 2.45) is 0 Å². The summed E-state index contributed by atoms with van der Waals surface area (Å²) in [5, 5.41) is 6.32. The van der Waals surface area contributed by atoms with Gasteiger partial charge >= 0.3 is 0 Å². The number of carbonyl (C=O) groups excluding carboxylic acids is 1. The maximum Gasteiger partial charge on any atom is 0.251 e. The van der Waals surface area contributed by atoms with Crippen LogP contribution in [-0.4, -0.2) is 19.6 Å². The Kier molecular flexibility index (Phi) is 3.90. The highest BCUT2D eigenvalue weighted by Gasteiger charge is 2.08. The molecule has 0 unspecified atom stereocenters. The number of rotatable bonds is 3. The maximum absolute atomic E-state index is 11.2. The Morgan fingerprint density at radius 3 is 3.25 bits per heavy atom. The summed E-state index contributed by atoms with van der Waals surface area (Å²) in [7, 11) is 1.63. The van der Waals surface area contributed by atoms with Gasteiger partial charge in [0.05, 0.1) is 6.61 Å². The number of ether oxygens (including phenoxy) is 1. The molecule has 3 nitrogen and oxygen atoms in total. The fourth-order valence-electron chi connectivity index (χ4n) is 0.801. The Labute approximate surface area is 75.9 Å². The molecule has 1 heterocycles. The molecule has 1 N–H and O–H groups in total. The van der Waals surface area contributed by atoms with E-state index in [1.54, 1.807) is 13.3 Å². The second-order valence-electron chi connectivity index (χ2n) is 2.30. The van der Waals surface area contributed by atoms with E-state index in [2.05, 4.69) is 5.32 Å². The third-order valence-electron chi connectivity index (χ3n) is 1.44.